The first kappa shape index (κ1) is 18.3. The van der Waals surface area contributed by atoms with Crippen molar-refractivity contribution in [1.29, 1.82) is 0 Å². The van der Waals surface area contributed by atoms with Crippen LogP contribution in [0, 0.1) is 17.5 Å². The van der Waals surface area contributed by atoms with Gasteiger partial charge in [0.1, 0.15) is 6.54 Å². The van der Waals surface area contributed by atoms with E-state index in [9.17, 15) is 22.8 Å². The molecular weight excluding hydrogens is 321 g/mol. The molecule has 0 heterocycles. The van der Waals surface area contributed by atoms with Crippen molar-refractivity contribution in [3.63, 3.8) is 0 Å². The Morgan fingerprint density at radius 1 is 1.08 bits per heavy atom. The number of anilines is 1. The Morgan fingerprint density at radius 2 is 1.71 bits per heavy atom. The van der Waals surface area contributed by atoms with E-state index in [0.717, 1.165) is 50.7 Å². The second kappa shape index (κ2) is 8.17. The van der Waals surface area contributed by atoms with E-state index in [1.807, 2.05) is 0 Å². The summed E-state index contributed by atoms with van der Waals surface area (Å²) in [7, 11) is 0. The van der Waals surface area contributed by atoms with Crippen molar-refractivity contribution in [3.8, 4) is 0 Å². The Morgan fingerprint density at radius 3 is 2.29 bits per heavy atom. The number of hydrogen-bond donors (Lipinski definition) is 1. The lowest BCUT2D eigenvalue weighted by Crippen LogP contribution is -2.43. The Kier molecular flexibility index (Phi) is 6.23. The molecule has 132 valence electrons. The Labute approximate surface area is 139 Å². The van der Waals surface area contributed by atoms with Gasteiger partial charge in [-0.15, -0.1) is 0 Å². The molecule has 0 spiro atoms. The quantitative estimate of drug-likeness (QED) is 0.671. The fourth-order valence-electron chi connectivity index (χ4n) is 3.03. The highest BCUT2D eigenvalue weighted by Crippen LogP contribution is 2.23. The van der Waals surface area contributed by atoms with Crippen molar-refractivity contribution in [2.24, 2.45) is 0 Å². The van der Waals surface area contributed by atoms with Crippen molar-refractivity contribution >= 4 is 17.5 Å². The average Bonchev–Trinajstić information content (AvgIpc) is 2.82. The number of nitrogens with zero attached hydrogens (tertiary/aromatic N) is 1. The maximum atomic E-state index is 13.6. The number of benzene rings is 1. The minimum atomic E-state index is -1.64. The zero-order chi connectivity index (χ0) is 17.7. The van der Waals surface area contributed by atoms with E-state index in [0.29, 0.717) is 0 Å². The van der Waals surface area contributed by atoms with E-state index >= 15 is 0 Å². The highest BCUT2D eigenvalue weighted by atomic mass is 19.2. The molecule has 2 amide bonds. The number of halogens is 3. The standard InChI is InChI=1S/C17H21F3N2O2/c1-11(23)22(12-6-4-2-3-5-7-12)10-15(24)21-14-9-8-13(18)16(19)17(14)20/h8-9,12H,2-7,10H2,1H3,(H,21,24). The van der Waals surface area contributed by atoms with E-state index in [-0.39, 0.29) is 18.5 Å². The maximum absolute atomic E-state index is 13.6. The molecule has 7 heteroatoms. The van der Waals surface area contributed by atoms with Gasteiger partial charge >= 0.3 is 0 Å². The van der Waals surface area contributed by atoms with E-state index in [1.165, 1.54) is 11.8 Å². The summed E-state index contributed by atoms with van der Waals surface area (Å²) in [4.78, 5) is 25.5. The second-order valence-corrected chi connectivity index (χ2v) is 6.06. The van der Waals surface area contributed by atoms with Gasteiger partial charge in [-0.25, -0.2) is 13.2 Å². The lowest BCUT2D eigenvalue weighted by molar-refractivity contribution is -0.135. The summed E-state index contributed by atoms with van der Waals surface area (Å²) in [6.07, 6.45) is 5.85. The molecule has 0 radical (unpaired) electrons. The summed E-state index contributed by atoms with van der Waals surface area (Å²) in [5, 5.41) is 2.20. The summed E-state index contributed by atoms with van der Waals surface area (Å²) in [5.74, 6) is -5.29. The molecule has 1 fully saturated rings. The molecule has 0 unspecified atom stereocenters. The fourth-order valence-corrected chi connectivity index (χ4v) is 3.03. The number of hydrogen-bond acceptors (Lipinski definition) is 2. The number of amides is 2. The molecule has 24 heavy (non-hydrogen) atoms. The molecule has 0 aliphatic heterocycles. The number of carbonyl (C=O) groups excluding carboxylic acids is 2. The van der Waals surface area contributed by atoms with Gasteiger partial charge in [-0.1, -0.05) is 25.7 Å². The molecule has 1 aliphatic rings. The number of rotatable bonds is 4. The predicted octanol–water partition coefficient (Wildman–Crippen LogP) is 3.61. The molecule has 0 saturated heterocycles. The summed E-state index contributed by atoms with van der Waals surface area (Å²) < 4.78 is 39.7. The van der Waals surface area contributed by atoms with Crippen LogP contribution >= 0.6 is 0 Å². The SMILES string of the molecule is CC(=O)N(CC(=O)Nc1ccc(F)c(F)c1F)C1CCCCCC1. The van der Waals surface area contributed by atoms with Gasteiger partial charge in [-0.3, -0.25) is 9.59 Å². The van der Waals surface area contributed by atoms with Crippen molar-refractivity contribution < 1.29 is 22.8 Å². The first-order valence-corrected chi connectivity index (χ1v) is 8.10. The third-order valence-electron chi connectivity index (χ3n) is 4.29. The van der Waals surface area contributed by atoms with Gasteiger partial charge in [0.05, 0.1) is 5.69 Å². The molecule has 0 atom stereocenters. The lowest BCUT2D eigenvalue weighted by Gasteiger charge is -2.29. The van der Waals surface area contributed by atoms with Crippen LogP contribution in [0.3, 0.4) is 0 Å². The monoisotopic (exact) mass is 342 g/mol. The highest BCUT2D eigenvalue weighted by Gasteiger charge is 2.25. The van der Waals surface area contributed by atoms with Crippen LogP contribution in [0.25, 0.3) is 0 Å². The molecule has 4 nitrogen and oxygen atoms in total. The summed E-state index contributed by atoms with van der Waals surface area (Å²) in [6, 6.07) is 1.67. The van der Waals surface area contributed by atoms with Gasteiger partial charge in [-0.05, 0) is 25.0 Å². The van der Waals surface area contributed by atoms with Crippen molar-refractivity contribution in [2.75, 3.05) is 11.9 Å². The van der Waals surface area contributed by atoms with Crippen LogP contribution in [-0.4, -0.2) is 29.3 Å². The zero-order valence-electron chi connectivity index (χ0n) is 13.6. The van der Waals surface area contributed by atoms with Gasteiger partial charge in [0, 0.05) is 13.0 Å². The molecule has 1 aromatic rings. The van der Waals surface area contributed by atoms with Gasteiger partial charge in [0.25, 0.3) is 0 Å². The van der Waals surface area contributed by atoms with Crippen molar-refractivity contribution in [1.82, 2.24) is 4.90 Å². The van der Waals surface area contributed by atoms with Crippen LogP contribution in [0.15, 0.2) is 12.1 Å². The first-order chi connectivity index (χ1) is 11.4. The number of nitrogens with one attached hydrogen (secondary N) is 1. The molecule has 1 N–H and O–H groups in total. The van der Waals surface area contributed by atoms with Gasteiger partial charge in [0.15, 0.2) is 17.5 Å². The first-order valence-electron chi connectivity index (χ1n) is 8.10. The van der Waals surface area contributed by atoms with Gasteiger partial charge in [0.2, 0.25) is 11.8 Å². The molecule has 1 aromatic carbocycles. The molecule has 0 aromatic heterocycles. The highest BCUT2D eigenvalue weighted by molar-refractivity contribution is 5.94. The Hall–Kier alpha value is -2.05. The lowest BCUT2D eigenvalue weighted by atomic mass is 10.1. The van der Waals surface area contributed by atoms with Crippen molar-refractivity contribution in [2.45, 2.75) is 51.5 Å². The Bertz CT molecular complexity index is 614. The third-order valence-corrected chi connectivity index (χ3v) is 4.29. The van der Waals surface area contributed by atoms with Crippen LogP contribution in [0.1, 0.15) is 45.4 Å². The van der Waals surface area contributed by atoms with E-state index in [4.69, 9.17) is 0 Å². The molecule has 2 rings (SSSR count). The minimum absolute atomic E-state index is 0.0226. The fraction of sp³-hybridized carbons (Fsp3) is 0.529. The van der Waals surface area contributed by atoms with Crippen LogP contribution in [-0.2, 0) is 9.59 Å². The molecule has 1 saturated carbocycles. The summed E-state index contributed by atoms with van der Waals surface area (Å²) >= 11 is 0. The van der Waals surface area contributed by atoms with Crippen LogP contribution in [0.2, 0.25) is 0 Å². The van der Waals surface area contributed by atoms with Crippen molar-refractivity contribution in [3.05, 3.63) is 29.6 Å². The van der Waals surface area contributed by atoms with E-state index in [1.54, 1.807) is 0 Å². The zero-order valence-corrected chi connectivity index (χ0v) is 13.6. The normalized spacial score (nSPS) is 15.7. The molecule has 1 aliphatic carbocycles. The van der Waals surface area contributed by atoms with E-state index in [2.05, 4.69) is 5.32 Å². The van der Waals surface area contributed by atoms with Crippen LogP contribution in [0.5, 0.6) is 0 Å². The minimum Gasteiger partial charge on any atom is -0.331 e. The molecular formula is C17H21F3N2O2. The predicted molar refractivity (Wildman–Crippen MR) is 83.8 cm³/mol. The van der Waals surface area contributed by atoms with Gasteiger partial charge < -0.3 is 10.2 Å². The van der Waals surface area contributed by atoms with Crippen LogP contribution < -0.4 is 5.32 Å². The van der Waals surface area contributed by atoms with Gasteiger partial charge in [-0.2, -0.15) is 0 Å². The summed E-state index contributed by atoms with van der Waals surface area (Å²) in [5.41, 5.74) is -0.441. The topological polar surface area (TPSA) is 49.4 Å². The largest absolute Gasteiger partial charge is 0.331 e. The van der Waals surface area contributed by atoms with E-state index < -0.39 is 29.0 Å². The number of carbonyl (C=O) groups is 2. The third kappa shape index (κ3) is 4.49. The Balaban J connectivity index is 2.05. The summed E-state index contributed by atoms with van der Waals surface area (Å²) in [6.45, 7) is 1.15. The second-order valence-electron chi connectivity index (χ2n) is 6.06. The average molecular weight is 342 g/mol. The maximum Gasteiger partial charge on any atom is 0.244 e. The molecule has 0 bridgehead atoms. The smallest absolute Gasteiger partial charge is 0.244 e. The van der Waals surface area contributed by atoms with Crippen LogP contribution in [0.4, 0.5) is 18.9 Å².